The summed E-state index contributed by atoms with van der Waals surface area (Å²) in [5.41, 5.74) is 4.43. The van der Waals surface area contributed by atoms with Crippen molar-refractivity contribution in [2.75, 3.05) is 7.11 Å². The highest BCUT2D eigenvalue weighted by atomic mass is 16.5. The molecular weight excluding hydrogens is 376 g/mol. The second-order valence-corrected chi connectivity index (χ2v) is 7.20. The first-order valence-corrected chi connectivity index (χ1v) is 10.0. The predicted molar refractivity (Wildman–Crippen MR) is 118 cm³/mol. The van der Waals surface area contributed by atoms with E-state index in [2.05, 4.69) is 10.4 Å². The number of hydrogen-bond donors (Lipinski definition) is 1. The molecule has 0 saturated carbocycles. The van der Waals surface area contributed by atoms with Crippen LogP contribution in [0.25, 0.3) is 28.2 Å². The van der Waals surface area contributed by atoms with Crippen LogP contribution in [0.5, 0.6) is 5.75 Å². The summed E-state index contributed by atoms with van der Waals surface area (Å²) in [5, 5.41) is 7.71. The average molecular weight is 400 g/mol. The molecule has 30 heavy (non-hydrogen) atoms. The molecule has 0 saturated heterocycles. The van der Waals surface area contributed by atoms with Gasteiger partial charge in [-0.15, -0.1) is 0 Å². The number of fused-ring (bicyclic) bond motifs is 1. The van der Waals surface area contributed by atoms with Crippen molar-refractivity contribution < 1.29 is 9.53 Å². The van der Waals surface area contributed by atoms with Gasteiger partial charge in [-0.25, -0.2) is 9.50 Å². The Labute approximate surface area is 175 Å². The second-order valence-electron chi connectivity index (χ2n) is 7.20. The third kappa shape index (κ3) is 3.89. The third-order valence-corrected chi connectivity index (χ3v) is 5.11. The summed E-state index contributed by atoms with van der Waals surface area (Å²) in [6, 6.07) is 21.3. The molecule has 0 aliphatic rings. The molecule has 4 aromatic rings. The lowest BCUT2D eigenvalue weighted by Crippen LogP contribution is -2.33. The molecule has 1 N–H and O–H groups in total. The van der Waals surface area contributed by atoms with E-state index in [-0.39, 0.29) is 11.9 Å². The Morgan fingerprint density at radius 1 is 1.03 bits per heavy atom. The van der Waals surface area contributed by atoms with Gasteiger partial charge in [0.25, 0.3) is 5.91 Å². The molecule has 152 valence electrons. The smallest absolute Gasteiger partial charge is 0.270 e. The van der Waals surface area contributed by atoms with E-state index >= 15 is 0 Å². The first-order chi connectivity index (χ1) is 14.6. The van der Waals surface area contributed by atoms with Crippen molar-refractivity contribution in [3.05, 3.63) is 72.4 Å². The fourth-order valence-corrected chi connectivity index (χ4v) is 3.20. The van der Waals surface area contributed by atoms with Gasteiger partial charge in [0.05, 0.1) is 18.5 Å². The third-order valence-electron chi connectivity index (χ3n) is 5.11. The molecule has 4 rings (SSSR count). The quantitative estimate of drug-likeness (QED) is 0.514. The largest absolute Gasteiger partial charge is 0.497 e. The van der Waals surface area contributed by atoms with Crippen LogP contribution in [-0.2, 0) is 0 Å². The lowest BCUT2D eigenvalue weighted by molar-refractivity contribution is 0.0931. The van der Waals surface area contributed by atoms with Crippen LogP contribution >= 0.6 is 0 Å². The van der Waals surface area contributed by atoms with E-state index in [1.54, 1.807) is 17.7 Å². The standard InChI is InChI=1S/C24H24N4O2/c1-4-16(2)25-24(29)22-14-20(18-10-12-19(30-3)13-11-18)26-23-15-21(27-28(22)23)17-8-6-5-7-9-17/h5-16H,4H2,1-3H3,(H,25,29). The Morgan fingerprint density at radius 2 is 1.73 bits per heavy atom. The molecule has 0 aliphatic heterocycles. The molecule has 0 spiro atoms. The molecule has 6 heteroatoms. The first-order valence-electron chi connectivity index (χ1n) is 10.0. The number of hydrogen-bond acceptors (Lipinski definition) is 4. The van der Waals surface area contributed by atoms with Crippen LogP contribution in [0, 0.1) is 0 Å². The Hall–Kier alpha value is -3.67. The van der Waals surface area contributed by atoms with Crippen LogP contribution in [0.4, 0.5) is 0 Å². The van der Waals surface area contributed by atoms with Crippen LogP contribution in [0.15, 0.2) is 66.7 Å². The van der Waals surface area contributed by atoms with Gasteiger partial charge in [0, 0.05) is 23.2 Å². The fourth-order valence-electron chi connectivity index (χ4n) is 3.20. The van der Waals surface area contributed by atoms with Gasteiger partial charge in [0.15, 0.2) is 5.65 Å². The molecule has 1 unspecified atom stereocenters. The summed E-state index contributed by atoms with van der Waals surface area (Å²) in [7, 11) is 1.63. The Kier molecular flexibility index (Phi) is 5.48. The van der Waals surface area contributed by atoms with Crippen molar-refractivity contribution in [1.29, 1.82) is 0 Å². The van der Waals surface area contributed by atoms with Gasteiger partial charge in [-0.2, -0.15) is 5.10 Å². The van der Waals surface area contributed by atoms with Gasteiger partial charge in [-0.05, 0) is 43.7 Å². The summed E-state index contributed by atoms with van der Waals surface area (Å²) in [4.78, 5) is 17.8. The van der Waals surface area contributed by atoms with Gasteiger partial charge in [0.1, 0.15) is 11.4 Å². The van der Waals surface area contributed by atoms with Gasteiger partial charge >= 0.3 is 0 Å². The van der Waals surface area contributed by atoms with Gasteiger partial charge in [-0.3, -0.25) is 4.79 Å². The fraction of sp³-hybridized carbons (Fsp3) is 0.208. The molecular formula is C24H24N4O2. The minimum absolute atomic E-state index is 0.0642. The van der Waals surface area contributed by atoms with Crippen molar-refractivity contribution in [2.45, 2.75) is 26.3 Å². The Balaban J connectivity index is 1.85. The van der Waals surface area contributed by atoms with Crippen LogP contribution in [0.2, 0.25) is 0 Å². The van der Waals surface area contributed by atoms with Crippen molar-refractivity contribution >= 4 is 11.6 Å². The number of carbonyl (C=O) groups excluding carboxylic acids is 1. The summed E-state index contributed by atoms with van der Waals surface area (Å²) < 4.78 is 6.87. The summed E-state index contributed by atoms with van der Waals surface area (Å²) in [6.07, 6.45) is 0.847. The number of ether oxygens (including phenoxy) is 1. The van der Waals surface area contributed by atoms with E-state index in [1.165, 1.54) is 0 Å². The summed E-state index contributed by atoms with van der Waals surface area (Å²) in [5.74, 6) is 0.597. The molecule has 2 aromatic carbocycles. The van der Waals surface area contributed by atoms with E-state index in [9.17, 15) is 4.79 Å². The predicted octanol–water partition coefficient (Wildman–Crippen LogP) is 4.60. The zero-order valence-electron chi connectivity index (χ0n) is 17.3. The molecule has 2 heterocycles. The maximum Gasteiger partial charge on any atom is 0.270 e. The molecule has 6 nitrogen and oxygen atoms in total. The summed E-state index contributed by atoms with van der Waals surface area (Å²) >= 11 is 0. The van der Waals surface area contributed by atoms with Gasteiger partial charge < -0.3 is 10.1 Å². The molecule has 0 radical (unpaired) electrons. The Morgan fingerprint density at radius 3 is 2.40 bits per heavy atom. The number of amides is 1. The minimum Gasteiger partial charge on any atom is -0.497 e. The van der Waals surface area contributed by atoms with Crippen LogP contribution in [0.1, 0.15) is 30.8 Å². The van der Waals surface area contributed by atoms with Crippen LogP contribution in [-0.4, -0.2) is 33.7 Å². The number of rotatable bonds is 6. The number of nitrogens with one attached hydrogen (secondary N) is 1. The van der Waals surface area contributed by atoms with Crippen molar-refractivity contribution in [3.8, 4) is 28.3 Å². The number of aromatic nitrogens is 3. The number of carbonyl (C=O) groups is 1. The van der Waals surface area contributed by atoms with E-state index in [0.717, 1.165) is 29.0 Å². The van der Waals surface area contributed by atoms with Crippen molar-refractivity contribution in [1.82, 2.24) is 19.9 Å². The van der Waals surface area contributed by atoms with E-state index in [0.29, 0.717) is 17.0 Å². The zero-order chi connectivity index (χ0) is 21.1. The van der Waals surface area contributed by atoms with E-state index < -0.39 is 0 Å². The average Bonchev–Trinajstić information content (AvgIpc) is 3.23. The number of benzene rings is 2. The first kappa shape index (κ1) is 19.6. The van der Waals surface area contributed by atoms with E-state index in [4.69, 9.17) is 9.72 Å². The Bertz CT molecular complexity index is 1170. The van der Waals surface area contributed by atoms with Crippen molar-refractivity contribution in [3.63, 3.8) is 0 Å². The van der Waals surface area contributed by atoms with E-state index in [1.807, 2.05) is 74.5 Å². The highest BCUT2D eigenvalue weighted by Gasteiger charge is 2.18. The van der Waals surface area contributed by atoms with Crippen LogP contribution in [0.3, 0.4) is 0 Å². The molecule has 0 aliphatic carbocycles. The molecule has 1 amide bonds. The SMILES string of the molecule is CCC(C)NC(=O)c1cc(-c2ccc(OC)cc2)nc2cc(-c3ccccc3)nn12. The zero-order valence-corrected chi connectivity index (χ0v) is 17.3. The summed E-state index contributed by atoms with van der Waals surface area (Å²) in [6.45, 7) is 4.02. The maximum absolute atomic E-state index is 13.0. The van der Waals surface area contributed by atoms with Crippen molar-refractivity contribution in [2.24, 2.45) is 0 Å². The lowest BCUT2D eigenvalue weighted by atomic mass is 10.1. The molecule has 1 atom stereocenters. The highest BCUT2D eigenvalue weighted by molar-refractivity contribution is 5.94. The topological polar surface area (TPSA) is 68.5 Å². The number of nitrogens with zero attached hydrogens (tertiary/aromatic N) is 3. The van der Waals surface area contributed by atoms with Gasteiger partial charge in [0.2, 0.25) is 0 Å². The molecule has 2 aromatic heterocycles. The lowest BCUT2D eigenvalue weighted by Gasteiger charge is -2.13. The molecule has 0 bridgehead atoms. The molecule has 0 fully saturated rings. The monoisotopic (exact) mass is 400 g/mol. The van der Waals surface area contributed by atoms with Crippen LogP contribution < -0.4 is 10.1 Å². The maximum atomic E-state index is 13.0. The minimum atomic E-state index is -0.172. The normalized spacial score (nSPS) is 12.0. The number of methoxy groups -OCH3 is 1. The van der Waals surface area contributed by atoms with Gasteiger partial charge in [-0.1, -0.05) is 37.3 Å². The highest BCUT2D eigenvalue weighted by Crippen LogP contribution is 2.25. The second kappa shape index (κ2) is 8.37.